The normalized spacial score (nSPS) is 22.2. The number of nitrogens with zero attached hydrogens (tertiary/aromatic N) is 2. The van der Waals surface area contributed by atoms with Crippen LogP contribution >= 0.6 is 0 Å². The zero-order valence-electron chi connectivity index (χ0n) is 15.3. The molecule has 0 bridgehead atoms. The molecule has 0 radical (unpaired) electrons. The van der Waals surface area contributed by atoms with Crippen LogP contribution in [0.5, 0.6) is 5.75 Å². The van der Waals surface area contributed by atoms with Crippen molar-refractivity contribution in [2.45, 2.75) is 39.3 Å². The molecule has 2 aliphatic rings. The van der Waals surface area contributed by atoms with Crippen LogP contribution in [0.1, 0.15) is 40.6 Å². The fourth-order valence-electron chi connectivity index (χ4n) is 4.12. The van der Waals surface area contributed by atoms with Crippen molar-refractivity contribution >= 4 is 0 Å². The molecular formula is C20H27N3O2. The minimum absolute atomic E-state index is 0.162. The maximum atomic E-state index is 6.08. The summed E-state index contributed by atoms with van der Waals surface area (Å²) < 4.78 is 13.6. The van der Waals surface area contributed by atoms with Crippen molar-refractivity contribution in [3.8, 4) is 5.75 Å². The molecule has 0 aliphatic carbocycles. The third kappa shape index (κ3) is 3.18. The second kappa shape index (κ2) is 6.81. The Hall–Kier alpha value is -1.85. The van der Waals surface area contributed by atoms with Gasteiger partial charge in [0, 0.05) is 50.3 Å². The third-order valence-electron chi connectivity index (χ3n) is 5.55. The lowest BCUT2D eigenvalue weighted by Crippen LogP contribution is -2.25. The second-order valence-corrected chi connectivity index (χ2v) is 7.22. The Morgan fingerprint density at radius 1 is 1.28 bits per heavy atom. The summed E-state index contributed by atoms with van der Waals surface area (Å²) in [6, 6.07) is 6.53. The van der Waals surface area contributed by atoms with Crippen molar-refractivity contribution in [3.63, 3.8) is 0 Å². The minimum Gasteiger partial charge on any atom is -0.493 e. The molecule has 2 aliphatic heterocycles. The van der Waals surface area contributed by atoms with Gasteiger partial charge < -0.3 is 14.8 Å². The summed E-state index contributed by atoms with van der Waals surface area (Å²) in [4.78, 5) is 0. The molecule has 0 saturated carbocycles. The van der Waals surface area contributed by atoms with Crippen molar-refractivity contribution in [3.05, 3.63) is 46.3 Å². The largest absolute Gasteiger partial charge is 0.493 e. The van der Waals surface area contributed by atoms with Gasteiger partial charge in [-0.15, -0.1) is 0 Å². The van der Waals surface area contributed by atoms with E-state index in [-0.39, 0.29) is 6.10 Å². The van der Waals surface area contributed by atoms with Crippen LogP contribution in [0.2, 0.25) is 0 Å². The highest BCUT2D eigenvalue weighted by atomic mass is 16.5. The molecule has 3 heterocycles. The van der Waals surface area contributed by atoms with Crippen molar-refractivity contribution in [2.75, 3.05) is 19.8 Å². The molecule has 0 amide bonds. The monoisotopic (exact) mass is 341 g/mol. The number of fused-ring (bicyclic) bond motifs is 1. The summed E-state index contributed by atoms with van der Waals surface area (Å²) in [6.45, 7) is 7.72. The lowest BCUT2D eigenvalue weighted by molar-refractivity contribution is 0.0893. The molecule has 5 heteroatoms. The Balaban J connectivity index is 1.39. The first-order valence-corrected chi connectivity index (χ1v) is 9.20. The quantitative estimate of drug-likeness (QED) is 0.908. The van der Waals surface area contributed by atoms with Crippen molar-refractivity contribution < 1.29 is 9.47 Å². The van der Waals surface area contributed by atoms with Crippen LogP contribution in [0.4, 0.5) is 0 Å². The molecule has 1 N–H and O–H groups in total. The molecule has 0 unspecified atom stereocenters. The number of aryl methyl sites for hydroxylation is 2. The first-order chi connectivity index (χ1) is 12.1. The van der Waals surface area contributed by atoms with Crippen molar-refractivity contribution in [1.82, 2.24) is 15.1 Å². The average Bonchev–Trinajstić information content (AvgIpc) is 3.28. The molecule has 25 heavy (non-hydrogen) atoms. The molecule has 1 fully saturated rings. The van der Waals surface area contributed by atoms with Gasteiger partial charge in [-0.25, -0.2) is 0 Å². The zero-order valence-corrected chi connectivity index (χ0v) is 15.3. The molecule has 2 atom stereocenters. The van der Waals surface area contributed by atoms with Gasteiger partial charge >= 0.3 is 0 Å². The Morgan fingerprint density at radius 2 is 2.16 bits per heavy atom. The number of nitrogens with one attached hydrogen (secondary N) is 1. The van der Waals surface area contributed by atoms with Crippen LogP contribution in [0.3, 0.4) is 0 Å². The first kappa shape index (κ1) is 16.6. The molecule has 1 saturated heterocycles. The topological polar surface area (TPSA) is 48.3 Å². The number of ether oxygens (including phenoxy) is 2. The number of rotatable bonds is 5. The van der Waals surface area contributed by atoms with Crippen LogP contribution in [0, 0.1) is 19.8 Å². The van der Waals surface area contributed by atoms with E-state index < -0.39 is 0 Å². The van der Waals surface area contributed by atoms with Crippen molar-refractivity contribution in [2.24, 2.45) is 13.0 Å². The highest BCUT2D eigenvalue weighted by Gasteiger charge is 2.33. The summed E-state index contributed by atoms with van der Waals surface area (Å²) in [5.74, 6) is 1.55. The van der Waals surface area contributed by atoms with Gasteiger partial charge in [0.2, 0.25) is 0 Å². The van der Waals surface area contributed by atoms with Crippen LogP contribution in [-0.2, 0) is 24.8 Å². The van der Waals surface area contributed by atoms with Gasteiger partial charge in [0.05, 0.1) is 18.4 Å². The highest BCUT2D eigenvalue weighted by Crippen LogP contribution is 2.37. The van der Waals surface area contributed by atoms with Gasteiger partial charge in [0.1, 0.15) is 5.75 Å². The molecule has 5 nitrogen and oxygen atoms in total. The van der Waals surface area contributed by atoms with Crippen LogP contribution in [0.15, 0.2) is 18.2 Å². The van der Waals surface area contributed by atoms with E-state index in [0.29, 0.717) is 5.92 Å². The lowest BCUT2D eigenvalue weighted by atomic mass is 9.94. The van der Waals surface area contributed by atoms with E-state index in [1.54, 1.807) is 0 Å². The fraction of sp³-hybridized carbons (Fsp3) is 0.550. The van der Waals surface area contributed by atoms with Crippen LogP contribution < -0.4 is 10.1 Å². The standard InChI is InChI=1S/C20H27N3O2/c1-13-19(14(2)23(3)22-13)20-17(7-9-25-20)12-21-11-15-4-5-18-16(10-15)6-8-24-18/h4-5,10,17,20-21H,6-9,11-12H2,1-3H3/t17-,20+/m0/s1. The number of benzene rings is 1. The van der Waals surface area contributed by atoms with Crippen LogP contribution in [-0.4, -0.2) is 29.5 Å². The van der Waals surface area contributed by atoms with E-state index in [0.717, 1.165) is 50.6 Å². The fourth-order valence-corrected chi connectivity index (χ4v) is 4.12. The second-order valence-electron chi connectivity index (χ2n) is 7.22. The summed E-state index contributed by atoms with van der Waals surface area (Å²) in [5.41, 5.74) is 6.25. The van der Waals surface area contributed by atoms with E-state index in [1.165, 1.54) is 22.4 Å². The first-order valence-electron chi connectivity index (χ1n) is 9.20. The van der Waals surface area contributed by atoms with E-state index >= 15 is 0 Å². The zero-order chi connectivity index (χ0) is 17.4. The van der Waals surface area contributed by atoms with Gasteiger partial charge in [-0.3, -0.25) is 4.68 Å². The number of aromatic nitrogens is 2. The predicted octanol–water partition coefficient (Wildman–Crippen LogP) is 2.84. The van der Waals surface area contributed by atoms with Gasteiger partial charge in [-0.2, -0.15) is 5.10 Å². The summed E-state index contributed by atoms with van der Waals surface area (Å²) in [6.07, 6.45) is 2.29. The number of hydrogen-bond acceptors (Lipinski definition) is 4. The van der Waals surface area contributed by atoms with Gasteiger partial charge in [0.15, 0.2) is 0 Å². The molecule has 1 aromatic carbocycles. The summed E-state index contributed by atoms with van der Waals surface area (Å²) >= 11 is 0. The van der Waals surface area contributed by atoms with E-state index in [9.17, 15) is 0 Å². The number of hydrogen-bond donors (Lipinski definition) is 1. The average molecular weight is 341 g/mol. The smallest absolute Gasteiger partial charge is 0.122 e. The molecule has 0 spiro atoms. The minimum atomic E-state index is 0.162. The molecule has 4 rings (SSSR count). The van der Waals surface area contributed by atoms with Crippen molar-refractivity contribution in [1.29, 1.82) is 0 Å². The Morgan fingerprint density at radius 3 is 2.96 bits per heavy atom. The molecule has 134 valence electrons. The van der Waals surface area contributed by atoms with Gasteiger partial charge in [0.25, 0.3) is 0 Å². The van der Waals surface area contributed by atoms with E-state index in [2.05, 4.69) is 42.5 Å². The summed E-state index contributed by atoms with van der Waals surface area (Å²) in [5, 5.41) is 8.19. The lowest BCUT2D eigenvalue weighted by Gasteiger charge is -2.20. The van der Waals surface area contributed by atoms with Gasteiger partial charge in [-0.1, -0.05) is 12.1 Å². The summed E-state index contributed by atoms with van der Waals surface area (Å²) in [7, 11) is 2.01. The SMILES string of the molecule is Cc1nn(C)c(C)c1[C@@H]1OCC[C@H]1CNCc1ccc2c(c1)CCO2. The van der Waals surface area contributed by atoms with Gasteiger partial charge in [-0.05, 0) is 37.5 Å². The Bertz CT molecular complexity index is 769. The van der Waals surface area contributed by atoms with E-state index in [1.807, 2.05) is 11.7 Å². The predicted molar refractivity (Wildman–Crippen MR) is 96.8 cm³/mol. The van der Waals surface area contributed by atoms with E-state index in [4.69, 9.17) is 9.47 Å². The Labute approximate surface area is 149 Å². The van der Waals surface area contributed by atoms with Crippen LogP contribution in [0.25, 0.3) is 0 Å². The Kier molecular flexibility index (Phi) is 4.52. The maximum absolute atomic E-state index is 6.08. The highest BCUT2D eigenvalue weighted by molar-refractivity contribution is 5.39. The molecule has 2 aromatic rings. The molecule has 1 aromatic heterocycles. The maximum Gasteiger partial charge on any atom is 0.122 e. The third-order valence-corrected chi connectivity index (χ3v) is 5.55. The molecular weight excluding hydrogens is 314 g/mol.